The zero-order valence-corrected chi connectivity index (χ0v) is 12.1. The zero-order chi connectivity index (χ0) is 16.2. The summed E-state index contributed by atoms with van der Waals surface area (Å²) in [6, 6.07) is 6.57. The molecule has 1 aromatic rings. The van der Waals surface area contributed by atoms with Gasteiger partial charge in [-0.05, 0) is 24.1 Å². The number of nitrogens with zero attached hydrogens (tertiary/aromatic N) is 1. The van der Waals surface area contributed by atoms with E-state index in [0.717, 1.165) is 18.5 Å². The number of rotatable bonds is 6. The van der Waals surface area contributed by atoms with Crippen molar-refractivity contribution in [2.24, 2.45) is 5.73 Å². The second-order valence-corrected chi connectivity index (χ2v) is 5.36. The van der Waals surface area contributed by atoms with Gasteiger partial charge in [0.05, 0.1) is 13.1 Å². The molecular formula is C15H19F2N3O2. The lowest BCUT2D eigenvalue weighted by atomic mass is 10.1. The molecule has 2 rings (SSSR count). The molecule has 0 bridgehead atoms. The summed E-state index contributed by atoms with van der Waals surface area (Å²) in [5, 5.41) is 2.16. The minimum atomic E-state index is -3.11. The second kappa shape index (κ2) is 6.83. The van der Waals surface area contributed by atoms with E-state index in [1.165, 1.54) is 0 Å². The molecule has 7 heteroatoms. The minimum absolute atomic E-state index is 0.130. The van der Waals surface area contributed by atoms with E-state index in [2.05, 4.69) is 5.32 Å². The number of halogens is 2. The second-order valence-electron chi connectivity index (χ2n) is 5.36. The number of hydrogen-bond acceptors (Lipinski definition) is 3. The highest BCUT2D eigenvalue weighted by Gasteiger charge is 2.27. The van der Waals surface area contributed by atoms with Gasteiger partial charge in [0.25, 0.3) is 11.8 Å². The van der Waals surface area contributed by atoms with Crippen molar-refractivity contribution in [1.29, 1.82) is 0 Å². The number of nitrogens with one attached hydrogen (secondary N) is 1. The van der Waals surface area contributed by atoms with Gasteiger partial charge in [-0.25, -0.2) is 8.78 Å². The lowest BCUT2D eigenvalue weighted by Crippen LogP contribution is -2.41. The molecule has 1 aliphatic rings. The maximum absolute atomic E-state index is 13.0. The maximum atomic E-state index is 13.0. The Bertz CT molecular complexity index is 546. The van der Waals surface area contributed by atoms with Gasteiger partial charge in [-0.3, -0.25) is 9.59 Å². The van der Waals surface area contributed by atoms with Crippen LogP contribution in [0.4, 0.5) is 8.78 Å². The third kappa shape index (κ3) is 4.24. The van der Waals surface area contributed by atoms with E-state index >= 15 is 0 Å². The molecule has 2 amide bonds. The third-order valence-corrected chi connectivity index (χ3v) is 3.57. The van der Waals surface area contributed by atoms with Crippen LogP contribution >= 0.6 is 0 Å². The van der Waals surface area contributed by atoms with E-state index in [-0.39, 0.29) is 5.91 Å². The number of nitrogens with two attached hydrogens (primary N) is 1. The number of benzene rings is 1. The molecule has 1 aromatic carbocycles. The van der Waals surface area contributed by atoms with Crippen molar-refractivity contribution in [1.82, 2.24) is 10.2 Å². The normalized spacial score (nSPS) is 15.2. The van der Waals surface area contributed by atoms with Crippen LogP contribution in [0.15, 0.2) is 24.3 Å². The number of likely N-dealkylation sites (tertiary alicyclic amines) is 1. The van der Waals surface area contributed by atoms with Crippen molar-refractivity contribution in [3.63, 3.8) is 0 Å². The van der Waals surface area contributed by atoms with Crippen LogP contribution in [-0.2, 0) is 11.3 Å². The van der Waals surface area contributed by atoms with Crippen molar-refractivity contribution in [3.8, 4) is 0 Å². The van der Waals surface area contributed by atoms with Crippen molar-refractivity contribution in [2.45, 2.75) is 25.3 Å². The van der Waals surface area contributed by atoms with Crippen molar-refractivity contribution in [2.75, 3.05) is 19.6 Å². The monoisotopic (exact) mass is 311 g/mol. The molecule has 22 heavy (non-hydrogen) atoms. The van der Waals surface area contributed by atoms with Crippen LogP contribution in [0.2, 0.25) is 0 Å². The van der Waals surface area contributed by atoms with Crippen LogP contribution < -0.4 is 11.1 Å². The Morgan fingerprint density at radius 1 is 1.32 bits per heavy atom. The largest absolute Gasteiger partial charge is 0.346 e. The average molecular weight is 311 g/mol. The number of carbonyl (C=O) groups excluding carboxylic acids is 2. The maximum Gasteiger partial charge on any atom is 0.277 e. The molecule has 0 aliphatic carbocycles. The summed E-state index contributed by atoms with van der Waals surface area (Å²) in [7, 11) is 0. The summed E-state index contributed by atoms with van der Waals surface area (Å²) in [4.78, 5) is 25.1. The fourth-order valence-corrected chi connectivity index (χ4v) is 2.24. The van der Waals surface area contributed by atoms with Gasteiger partial charge >= 0.3 is 0 Å². The summed E-state index contributed by atoms with van der Waals surface area (Å²) in [6.45, 7) is -0.344. The fourth-order valence-electron chi connectivity index (χ4n) is 2.24. The number of carbonyl (C=O) groups is 2. The summed E-state index contributed by atoms with van der Waals surface area (Å²) in [5.74, 6) is -3.55. The Hall–Kier alpha value is -2.02. The smallest absolute Gasteiger partial charge is 0.277 e. The van der Waals surface area contributed by atoms with Crippen LogP contribution in [0.25, 0.3) is 0 Å². The Kier molecular flexibility index (Phi) is 5.07. The highest BCUT2D eigenvalue weighted by molar-refractivity contribution is 5.94. The molecule has 0 spiro atoms. The molecule has 1 heterocycles. The number of alkyl halides is 2. The van der Waals surface area contributed by atoms with Crippen LogP contribution in [0.5, 0.6) is 0 Å². The van der Waals surface area contributed by atoms with Gasteiger partial charge in [0.1, 0.15) is 0 Å². The zero-order valence-electron chi connectivity index (χ0n) is 12.1. The van der Waals surface area contributed by atoms with Crippen LogP contribution in [-0.4, -0.2) is 42.3 Å². The quantitative estimate of drug-likeness (QED) is 0.827. The minimum Gasteiger partial charge on any atom is -0.346 e. The van der Waals surface area contributed by atoms with E-state index in [4.69, 9.17) is 5.73 Å². The van der Waals surface area contributed by atoms with Crippen molar-refractivity contribution < 1.29 is 18.4 Å². The molecule has 0 saturated carbocycles. The first-order valence-corrected chi connectivity index (χ1v) is 7.14. The van der Waals surface area contributed by atoms with E-state index in [1.807, 2.05) is 0 Å². The first kappa shape index (κ1) is 16.4. The first-order valence-electron chi connectivity index (χ1n) is 7.14. The van der Waals surface area contributed by atoms with Crippen molar-refractivity contribution >= 4 is 11.8 Å². The Balaban J connectivity index is 1.91. The molecule has 3 N–H and O–H groups in total. The Morgan fingerprint density at radius 3 is 2.55 bits per heavy atom. The van der Waals surface area contributed by atoms with Gasteiger partial charge in [0.15, 0.2) is 0 Å². The van der Waals surface area contributed by atoms with Gasteiger partial charge in [0, 0.05) is 25.1 Å². The van der Waals surface area contributed by atoms with E-state index in [9.17, 15) is 18.4 Å². The molecule has 1 saturated heterocycles. The summed E-state index contributed by atoms with van der Waals surface area (Å²) in [6.07, 6.45) is 1.45. The van der Waals surface area contributed by atoms with Gasteiger partial charge in [-0.1, -0.05) is 12.1 Å². The molecular weight excluding hydrogens is 292 g/mol. The van der Waals surface area contributed by atoms with Gasteiger partial charge < -0.3 is 16.0 Å². The highest BCUT2D eigenvalue weighted by Crippen LogP contribution is 2.15. The predicted octanol–water partition coefficient (Wildman–Crippen LogP) is 1.13. The summed E-state index contributed by atoms with van der Waals surface area (Å²) >= 11 is 0. The van der Waals surface area contributed by atoms with Gasteiger partial charge in [0.2, 0.25) is 5.91 Å². The molecule has 5 nitrogen and oxygen atoms in total. The van der Waals surface area contributed by atoms with Crippen LogP contribution in [0, 0.1) is 0 Å². The predicted molar refractivity (Wildman–Crippen MR) is 77.4 cm³/mol. The third-order valence-electron chi connectivity index (χ3n) is 3.57. The first-order chi connectivity index (χ1) is 10.4. The lowest BCUT2D eigenvalue weighted by molar-refractivity contribution is -0.128. The number of amides is 2. The highest BCUT2D eigenvalue weighted by atomic mass is 19.3. The fraction of sp³-hybridized carbons (Fsp3) is 0.467. The van der Waals surface area contributed by atoms with E-state index in [1.54, 1.807) is 29.2 Å². The topological polar surface area (TPSA) is 75.4 Å². The van der Waals surface area contributed by atoms with E-state index in [0.29, 0.717) is 18.5 Å². The van der Waals surface area contributed by atoms with Crippen LogP contribution in [0.3, 0.4) is 0 Å². The SMILES string of the molecule is NCC(F)(F)CNC(=O)c1ccc(CN2CCCC2=O)cc1. The molecule has 0 aromatic heterocycles. The molecule has 1 fully saturated rings. The van der Waals surface area contributed by atoms with Gasteiger partial charge in [-0.2, -0.15) is 0 Å². The summed E-state index contributed by atoms with van der Waals surface area (Å²) in [5.41, 5.74) is 6.10. The molecule has 0 unspecified atom stereocenters. The number of hydrogen-bond donors (Lipinski definition) is 2. The Morgan fingerprint density at radius 2 is 2.00 bits per heavy atom. The Labute approximate surface area is 127 Å². The van der Waals surface area contributed by atoms with Crippen molar-refractivity contribution in [3.05, 3.63) is 35.4 Å². The lowest BCUT2D eigenvalue weighted by Gasteiger charge is -2.16. The molecule has 0 atom stereocenters. The van der Waals surface area contributed by atoms with Crippen LogP contribution in [0.1, 0.15) is 28.8 Å². The molecule has 1 aliphatic heterocycles. The summed E-state index contributed by atoms with van der Waals surface area (Å²) < 4.78 is 26.0. The standard InChI is InChI=1S/C15H19F2N3O2/c16-15(17,9-18)10-19-14(22)12-5-3-11(4-6-12)8-20-7-1-2-13(20)21/h3-6H,1-2,7-10,18H2,(H,19,22). The average Bonchev–Trinajstić information content (AvgIpc) is 2.91. The molecule has 0 radical (unpaired) electrons. The molecule has 120 valence electrons. The van der Waals surface area contributed by atoms with Gasteiger partial charge in [-0.15, -0.1) is 0 Å². The van der Waals surface area contributed by atoms with E-state index < -0.39 is 24.9 Å².